The van der Waals surface area contributed by atoms with Gasteiger partial charge in [-0.05, 0) is 36.4 Å². The molecule has 6 nitrogen and oxygen atoms in total. The minimum Gasteiger partial charge on any atom is -0.325 e. The Balaban J connectivity index is 1.67. The third-order valence-electron chi connectivity index (χ3n) is 4.45. The van der Waals surface area contributed by atoms with Gasteiger partial charge in [0.05, 0.1) is 21.4 Å². The van der Waals surface area contributed by atoms with Crippen LogP contribution in [-0.2, 0) is 4.79 Å². The number of halogens is 2. The van der Waals surface area contributed by atoms with E-state index >= 15 is 0 Å². The van der Waals surface area contributed by atoms with Gasteiger partial charge in [-0.25, -0.2) is 4.57 Å². The van der Waals surface area contributed by atoms with Crippen LogP contribution in [0.4, 0.5) is 5.69 Å². The number of aromatic nitrogens is 3. The number of amides is 1. The first-order chi connectivity index (χ1) is 15.5. The molecule has 32 heavy (non-hydrogen) atoms. The maximum atomic E-state index is 13.4. The minimum atomic E-state index is -0.415. The zero-order valence-electron chi connectivity index (χ0n) is 16.5. The van der Waals surface area contributed by atoms with Crippen LogP contribution in [-0.4, -0.2) is 32.3 Å². The molecule has 0 radical (unpaired) electrons. The molecular formula is C23H16Cl2N4O2S. The first kappa shape index (κ1) is 22.1. The number of hydrogen-bond acceptors (Lipinski definition) is 5. The highest BCUT2D eigenvalue weighted by atomic mass is 35.5. The monoisotopic (exact) mass is 482 g/mol. The standard InChI is InChI=1S/C23H16Cl2N4O2S/c24-18-12-6-4-10-16(18)21-27-28-23(29(21)22(31)17-11-5-7-13-19(17)25)32-14-20(30)26-15-8-2-1-3-9-15/h1-13H,14H2,(H,26,30). The fraction of sp³-hybridized carbons (Fsp3) is 0.0435. The van der Waals surface area contributed by atoms with Crippen LogP contribution in [0.3, 0.4) is 0 Å². The second-order valence-electron chi connectivity index (χ2n) is 6.61. The van der Waals surface area contributed by atoms with Crippen molar-refractivity contribution in [3.63, 3.8) is 0 Å². The Morgan fingerprint density at radius 1 is 0.844 bits per heavy atom. The van der Waals surface area contributed by atoms with Gasteiger partial charge in [0.15, 0.2) is 11.0 Å². The molecule has 0 saturated heterocycles. The topological polar surface area (TPSA) is 76.9 Å². The molecule has 0 aliphatic rings. The zero-order valence-corrected chi connectivity index (χ0v) is 18.9. The highest BCUT2D eigenvalue weighted by molar-refractivity contribution is 7.99. The van der Waals surface area contributed by atoms with Crippen molar-refractivity contribution in [3.8, 4) is 11.4 Å². The Morgan fingerprint density at radius 3 is 2.22 bits per heavy atom. The van der Waals surface area contributed by atoms with Gasteiger partial charge in [-0.2, -0.15) is 0 Å². The lowest BCUT2D eigenvalue weighted by Crippen LogP contribution is -2.17. The van der Waals surface area contributed by atoms with E-state index in [0.717, 1.165) is 11.8 Å². The second-order valence-corrected chi connectivity index (χ2v) is 8.37. The summed E-state index contributed by atoms with van der Waals surface area (Å²) in [5.74, 6) is -0.348. The van der Waals surface area contributed by atoms with E-state index in [2.05, 4.69) is 15.5 Å². The van der Waals surface area contributed by atoms with E-state index in [4.69, 9.17) is 23.2 Å². The maximum Gasteiger partial charge on any atom is 0.267 e. The van der Waals surface area contributed by atoms with Crippen LogP contribution in [0.25, 0.3) is 11.4 Å². The van der Waals surface area contributed by atoms with E-state index < -0.39 is 5.91 Å². The summed E-state index contributed by atoms with van der Waals surface area (Å²) in [6.45, 7) is 0. The van der Waals surface area contributed by atoms with E-state index in [1.54, 1.807) is 60.7 Å². The van der Waals surface area contributed by atoms with Gasteiger partial charge >= 0.3 is 0 Å². The van der Waals surface area contributed by atoms with Crippen molar-refractivity contribution >= 4 is 52.5 Å². The summed E-state index contributed by atoms with van der Waals surface area (Å²) in [4.78, 5) is 25.8. The summed E-state index contributed by atoms with van der Waals surface area (Å²) in [5.41, 5.74) is 1.52. The molecule has 3 aromatic carbocycles. The highest BCUT2D eigenvalue weighted by Crippen LogP contribution is 2.31. The van der Waals surface area contributed by atoms with Crippen molar-refractivity contribution in [1.29, 1.82) is 0 Å². The first-order valence-corrected chi connectivity index (χ1v) is 11.3. The molecule has 0 unspecified atom stereocenters. The van der Waals surface area contributed by atoms with Crippen molar-refractivity contribution in [2.45, 2.75) is 5.16 Å². The quantitative estimate of drug-likeness (QED) is 0.358. The van der Waals surface area contributed by atoms with Crippen molar-refractivity contribution in [3.05, 3.63) is 94.5 Å². The van der Waals surface area contributed by atoms with E-state index in [1.165, 1.54) is 4.57 Å². The average Bonchev–Trinajstić information content (AvgIpc) is 3.22. The molecule has 1 aromatic heterocycles. The lowest BCUT2D eigenvalue weighted by Gasteiger charge is -2.11. The predicted octanol–water partition coefficient (Wildman–Crippen LogP) is 5.67. The van der Waals surface area contributed by atoms with E-state index in [0.29, 0.717) is 21.3 Å². The van der Waals surface area contributed by atoms with Gasteiger partial charge in [0.25, 0.3) is 5.91 Å². The van der Waals surface area contributed by atoms with Gasteiger partial charge in [-0.1, -0.05) is 77.4 Å². The first-order valence-electron chi connectivity index (χ1n) is 9.52. The van der Waals surface area contributed by atoms with Gasteiger partial charge < -0.3 is 5.32 Å². The number of anilines is 1. The van der Waals surface area contributed by atoms with Crippen LogP contribution >= 0.6 is 35.0 Å². The number of benzene rings is 3. The molecule has 0 spiro atoms. The summed E-state index contributed by atoms with van der Waals surface area (Å²) in [6.07, 6.45) is 0. The average molecular weight is 483 g/mol. The summed E-state index contributed by atoms with van der Waals surface area (Å²) in [5, 5.41) is 12.1. The molecular weight excluding hydrogens is 467 g/mol. The molecule has 160 valence electrons. The Morgan fingerprint density at radius 2 is 1.50 bits per heavy atom. The molecule has 0 atom stereocenters. The molecule has 0 saturated carbocycles. The van der Waals surface area contributed by atoms with Crippen molar-refractivity contribution in [2.24, 2.45) is 0 Å². The molecule has 9 heteroatoms. The van der Waals surface area contributed by atoms with E-state index in [-0.39, 0.29) is 28.2 Å². The summed E-state index contributed by atoms with van der Waals surface area (Å²) in [6, 6.07) is 22.9. The van der Waals surface area contributed by atoms with Gasteiger partial charge in [0.1, 0.15) is 0 Å². The largest absolute Gasteiger partial charge is 0.325 e. The Hall–Kier alpha value is -3.13. The Kier molecular flexibility index (Phi) is 6.90. The minimum absolute atomic E-state index is 0.0331. The number of carbonyl (C=O) groups excluding carboxylic acids is 2. The SMILES string of the molecule is O=C(CSc1nnc(-c2ccccc2Cl)n1C(=O)c1ccccc1Cl)Nc1ccccc1. The van der Waals surface area contributed by atoms with E-state index in [9.17, 15) is 9.59 Å². The molecule has 4 rings (SSSR count). The molecule has 0 fully saturated rings. The van der Waals surface area contributed by atoms with Crippen LogP contribution < -0.4 is 5.32 Å². The van der Waals surface area contributed by atoms with Crippen LogP contribution in [0.2, 0.25) is 10.0 Å². The van der Waals surface area contributed by atoms with Gasteiger partial charge in [-0.3, -0.25) is 9.59 Å². The van der Waals surface area contributed by atoms with Crippen LogP contribution in [0.15, 0.2) is 84.0 Å². The third kappa shape index (κ3) is 4.85. The number of rotatable bonds is 6. The highest BCUT2D eigenvalue weighted by Gasteiger charge is 2.24. The van der Waals surface area contributed by atoms with Gasteiger partial charge in [-0.15, -0.1) is 10.2 Å². The molecule has 1 amide bonds. The number of thioether (sulfide) groups is 1. The molecule has 0 aliphatic heterocycles. The molecule has 1 N–H and O–H groups in total. The number of nitrogens with zero attached hydrogens (tertiary/aromatic N) is 3. The second kappa shape index (κ2) is 9.99. The van der Waals surface area contributed by atoms with Crippen LogP contribution in [0.5, 0.6) is 0 Å². The third-order valence-corrected chi connectivity index (χ3v) is 6.03. The number of carbonyl (C=O) groups is 2. The smallest absolute Gasteiger partial charge is 0.267 e. The molecule has 1 heterocycles. The fourth-order valence-electron chi connectivity index (χ4n) is 2.97. The number of hydrogen-bond donors (Lipinski definition) is 1. The Labute approximate surface area is 198 Å². The summed E-state index contributed by atoms with van der Waals surface area (Å²) >= 11 is 13.7. The van der Waals surface area contributed by atoms with Crippen LogP contribution in [0.1, 0.15) is 10.4 Å². The molecule has 4 aromatic rings. The maximum absolute atomic E-state index is 13.4. The molecule has 0 bridgehead atoms. The lowest BCUT2D eigenvalue weighted by molar-refractivity contribution is -0.113. The van der Waals surface area contributed by atoms with Crippen LogP contribution in [0, 0.1) is 0 Å². The summed E-state index contributed by atoms with van der Waals surface area (Å²) in [7, 11) is 0. The van der Waals surface area contributed by atoms with E-state index in [1.807, 2.05) is 18.2 Å². The van der Waals surface area contributed by atoms with Crippen molar-refractivity contribution < 1.29 is 9.59 Å². The normalized spacial score (nSPS) is 10.7. The van der Waals surface area contributed by atoms with Gasteiger partial charge in [0.2, 0.25) is 5.91 Å². The van der Waals surface area contributed by atoms with Crippen molar-refractivity contribution in [2.75, 3.05) is 11.1 Å². The Bertz CT molecular complexity index is 1280. The lowest BCUT2D eigenvalue weighted by atomic mass is 10.2. The summed E-state index contributed by atoms with van der Waals surface area (Å²) < 4.78 is 1.34. The zero-order chi connectivity index (χ0) is 22.5. The van der Waals surface area contributed by atoms with Gasteiger partial charge in [0, 0.05) is 11.3 Å². The molecule has 0 aliphatic carbocycles. The van der Waals surface area contributed by atoms with Crippen molar-refractivity contribution in [1.82, 2.24) is 14.8 Å². The predicted molar refractivity (Wildman–Crippen MR) is 127 cm³/mol. The number of nitrogens with one attached hydrogen (secondary N) is 1. The number of para-hydroxylation sites is 1. The fourth-order valence-corrected chi connectivity index (χ4v) is 4.13.